The maximum atomic E-state index is 11.9. The second-order valence-corrected chi connectivity index (χ2v) is 7.28. The van der Waals surface area contributed by atoms with Gasteiger partial charge in [0.1, 0.15) is 5.82 Å². The van der Waals surface area contributed by atoms with E-state index >= 15 is 0 Å². The Balaban J connectivity index is 1.78. The first-order valence-corrected chi connectivity index (χ1v) is 9.87. The Morgan fingerprint density at radius 2 is 1.87 bits per heavy atom. The van der Waals surface area contributed by atoms with Crippen molar-refractivity contribution in [3.63, 3.8) is 0 Å². The zero-order chi connectivity index (χ0) is 21.3. The number of rotatable bonds is 5. The standard InChI is InChI=1S/C21H16Cl2N6O/c1-2-18(30)13-8-6-12(7-9-13)14-10-15(20(24)25-11-14)21-26-27-28-29(21)17-5-3-4-16(22)19(17)23/h3-11H,2H2,1H3,(H2,24,25). The smallest absolute Gasteiger partial charge is 0.190 e. The lowest BCUT2D eigenvalue weighted by Crippen LogP contribution is -2.04. The summed E-state index contributed by atoms with van der Waals surface area (Å²) >= 11 is 12.5. The first kappa shape index (κ1) is 20.0. The van der Waals surface area contributed by atoms with Crippen LogP contribution in [0.25, 0.3) is 28.2 Å². The maximum absolute atomic E-state index is 11.9. The van der Waals surface area contributed by atoms with Crippen molar-refractivity contribution >= 4 is 34.8 Å². The van der Waals surface area contributed by atoms with Crippen LogP contribution < -0.4 is 5.73 Å². The zero-order valence-electron chi connectivity index (χ0n) is 15.9. The minimum Gasteiger partial charge on any atom is -0.383 e. The van der Waals surface area contributed by atoms with Crippen LogP contribution in [0, 0.1) is 0 Å². The minimum atomic E-state index is 0.0928. The molecule has 0 fully saturated rings. The third-order valence-corrected chi connectivity index (χ3v) is 5.46. The van der Waals surface area contributed by atoms with Crippen molar-refractivity contribution in [1.82, 2.24) is 25.2 Å². The normalized spacial score (nSPS) is 10.9. The van der Waals surface area contributed by atoms with Crippen LogP contribution in [0.2, 0.25) is 10.0 Å². The van der Waals surface area contributed by atoms with Crippen LogP contribution in [0.15, 0.2) is 54.7 Å². The molecule has 0 aliphatic carbocycles. The van der Waals surface area contributed by atoms with Gasteiger partial charge in [0.25, 0.3) is 0 Å². The molecular formula is C21H16Cl2N6O. The molecular weight excluding hydrogens is 423 g/mol. The highest BCUT2D eigenvalue weighted by Crippen LogP contribution is 2.33. The first-order chi connectivity index (χ1) is 14.5. The van der Waals surface area contributed by atoms with Crippen molar-refractivity contribution in [2.45, 2.75) is 13.3 Å². The molecule has 0 unspecified atom stereocenters. The maximum Gasteiger partial charge on any atom is 0.190 e. The Kier molecular flexibility index (Phi) is 5.48. The fourth-order valence-corrected chi connectivity index (χ4v) is 3.41. The highest BCUT2D eigenvalue weighted by atomic mass is 35.5. The number of carbonyl (C=O) groups is 1. The molecule has 0 saturated heterocycles. The summed E-state index contributed by atoms with van der Waals surface area (Å²) in [5.74, 6) is 0.741. The Bertz CT molecular complexity index is 1240. The number of nitrogens with two attached hydrogens (primary N) is 1. The summed E-state index contributed by atoms with van der Waals surface area (Å²) < 4.78 is 1.47. The predicted octanol–water partition coefficient (Wildman–Crippen LogP) is 4.87. The topological polar surface area (TPSA) is 99.6 Å². The number of hydrogen-bond acceptors (Lipinski definition) is 6. The quantitative estimate of drug-likeness (QED) is 0.446. The Morgan fingerprint density at radius 3 is 2.60 bits per heavy atom. The van der Waals surface area contributed by atoms with Crippen LogP contribution in [-0.4, -0.2) is 31.0 Å². The van der Waals surface area contributed by atoms with Crippen molar-refractivity contribution in [3.05, 3.63) is 70.3 Å². The number of anilines is 1. The summed E-state index contributed by atoms with van der Waals surface area (Å²) in [7, 11) is 0. The molecule has 30 heavy (non-hydrogen) atoms. The Morgan fingerprint density at radius 1 is 1.10 bits per heavy atom. The fourth-order valence-electron chi connectivity index (χ4n) is 3.04. The Labute approximate surface area is 182 Å². The van der Waals surface area contributed by atoms with E-state index < -0.39 is 0 Å². The minimum absolute atomic E-state index is 0.0928. The number of nitrogens with zero attached hydrogens (tertiary/aromatic N) is 5. The molecule has 0 radical (unpaired) electrons. The van der Waals surface area contributed by atoms with Crippen molar-refractivity contribution < 1.29 is 4.79 Å². The average molecular weight is 439 g/mol. The number of nitrogen functional groups attached to an aromatic ring is 1. The van der Waals surface area contributed by atoms with Crippen LogP contribution in [0.4, 0.5) is 5.82 Å². The molecule has 0 atom stereocenters. The van der Waals surface area contributed by atoms with Crippen LogP contribution in [0.1, 0.15) is 23.7 Å². The number of benzene rings is 2. The van der Waals surface area contributed by atoms with E-state index in [4.69, 9.17) is 28.9 Å². The fraction of sp³-hybridized carbons (Fsp3) is 0.0952. The van der Waals surface area contributed by atoms with Gasteiger partial charge in [-0.1, -0.05) is 60.5 Å². The molecule has 4 aromatic rings. The van der Waals surface area contributed by atoms with Crippen molar-refractivity contribution in [3.8, 4) is 28.2 Å². The zero-order valence-corrected chi connectivity index (χ0v) is 17.4. The molecule has 0 amide bonds. The van der Waals surface area contributed by atoms with Crippen molar-refractivity contribution in [2.24, 2.45) is 0 Å². The van der Waals surface area contributed by atoms with Gasteiger partial charge in [-0.25, -0.2) is 4.98 Å². The Hall–Kier alpha value is -3.29. The van der Waals surface area contributed by atoms with Crippen LogP contribution in [0.5, 0.6) is 0 Å². The second kappa shape index (κ2) is 8.22. The number of carbonyl (C=O) groups excluding carboxylic acids is 1. The molecule has 2 heterocycles. The van der Waals surface area contributed by atoms with Crippen LogP contribution in [-0.2, 0) is 0 Å². The predicted molar refractivity (Wildman–Crippen MR) is 117 cm³/mol. The van der Waals surface area contributed by atoms with Crippen molar-refractivity contribution in [1.29, 1.82) is 0 Å². The lowest BCUT2D eigenvalue weighted by Gasteiger charge is -2.10. The average Bonchev–Trinajstić information content (AvgIpc) is 3.25. The number of ketones is 1. The number of aromatic nitrogens is 5. The van der Waals surface area contributed by atoms with E-state index in [0.717, 1.165) is 11.1 Å². The molecule has 0 bridgehead atoms. The van der Waals surface area contributed by atoms with Crippen LogP contribution >= 0.6 is 23.2 Å². The molecule has 7 nitrogen and oxygen atoms in total. The van der Waals surface area contributed by atoms with E-state index in [2.05, 4.69) is 20.5 Å². The largest absolute Gasteiger partial charge is 0.383 e. The summed E-state index contributed by atoms with van der Waals surface area (Å²) in [6.07, 6.45) is 2.12. The first-order valence-electron chi connectivity index (χ1n) is 9.12. The van der Waals surface area contributed by atoms with Crippen molar-refractivity contribution in [2.75, 3.05) is 5.73 Å². The van der Waals surface area contributed by atoms with Gasteiger partial charge < -0.3 is 5.73 Å². The summed E-state index contributed by atoms with van der Waals surface area (Å²) in [4.78, 5) is 16.2. The van der Waals surface area contributed by atoms with E-state index in [-0.39, 0.29) is 11.6 Å². The summed E-state index contributed by atoms with van der Waals surface area (Å²) in [5.41, 5.74) is 9.56. The molecule has 4 rings (SSSR count). The van der Waals surface area contributed by atoms with Gasteiger partial charge in [0.05, 0.1) is 21.3 Å². The third kappa shape index (κ3) is 3.65. The molecule has 0 aliphatic heterocycles. The number of Topliss-reactive ketones (excluding diaryl/α,β-unsaturated/α-hetero) is 1. The van der Waals surface area contributed by atoms with Gasteiger partial charge in [0.2, 0.25) is 0 Å². The molecule has 0 aliphatic rings. The molecule has 0 saturated carbocycles. The highest BCUT2D eigenvalue weighted by molar-refractivity contribution is 6.43. The summed E-state index contributed by atoms with van der Waals surface area (Å²) in [6.45, 7) is 1.84. The monoisotopic (exact) mass is 438 g/mol. The van der Waals surface area contributed by atoms with E-state index in [0.29, 0.717) is 39.1 Å². The van der Waals surface area contributed by atoms with E-state index in [1.54, 1.807) is 36.5 Å². The molecule has 2 aromatic carbocycles. The molecule has 150 valence electrons. The number of halogens is 2. The molecule has 2 aromatic heterocycles. The van der Waals surface area contributed by atoms with Gasteiger partial charge in [-0.15, -0.1) is 5.10 Å². The number of hydrogen-bond donors (Lipinski definition) is 1. The lowest BCUT2D eigenvalue weighted by molar-refractivity contribution is 0.0988. The van der Waals surface area contributed by atoms with Gasteiger partial charge in [0.15, 0.2) is 11.6 Å². The van der Waals surface area contributed by atoms with Gasteiger partial charge in [-0.05, 0) is 34.2 Å². The third-order valence-electron chi connectivity index (χ3n) is 4.65. The number of tetrazole rings is 1. The SMILES string of the molecule is CCC(=O)c1ccc(-c2cnc(N)c(-c3nnnn3-c3cccc(Cl)c3Cl)c2)cc1. The van der Waals surface area contributed by atoms with Crippen LogP contribution in [0.3, 0.4) is 0 Å². The molecule has 2 N–H and O–H groups in total. The lowest BCUT2D eigenvalue weighted by atomic mass is 10.0. The summed E-state index contributed by atoms with van der Waals surface area (Å²) in [5, 5.41) is 12.6. The van der Waals surface area contributed by atoms with E-state index in [9.17, 15) is 4.79 Å². The molecule has 0 spiro atoms. The van der Waals surface area contributed by atoms with Gasteiger partial charge >= 0.3 is 0 Å². The summed E-state index contributed by atoms with van der Waals surface area (Å²) in [6, 6.07) is 14.4. The van der Waals surface area contributed by atoms with Gasteiger partial charge in [-0.3, -0.25) is 4.79 Å². The highest BCUT2D eigenvalue weighted by Gasteiger charge is 2.18. The van der Waals surface area contributed by atoms with Gasteiger partial charge in [0, 0.05) is 23.7 Å². The van der Waals surface area contributed by atoms with E-state index in [1.165, 1.54) is 4.68 Å². The second-order valence-electron chi connectivity index (χ2n) is 6.50. The molecule has 9 heteroatoms. The van der Waals surface area contributed by atoms with Gasteiger partial charge in [-0.2, -0.15) is 4.68 Å². The number of pyridine rings is 1. The van der Waals surface area contributed by atoms with E-state index in [1.807, 2.05) is 25.1 Å².